The van der Waals surface area contributed by atoms with Crippen LogP contribution >= 0.6 is 0 Å². The molecule has 1 heterocycles. The molecular formula is C11H18FN3O2. The van der Waals surface area contributed by atoms with Gasteiger partial charge in [-0.2, -0.15) is 9.37 Å². The van der Waals surface area contributed by atoms with Crippen molar-refractivity contribution in [2.45, 2.75) is 13.8 Å². The molecule has 0 spiro atoms. The Morgan fingerprint density at radius 2 is 2.18 bits per heavy atom. The van der Waals surface area contributed by atoms with Gasteiger partial charge in [0.15, 0.2) is 0 Å². The van der Waals surface area contributed by atoms with Gasteiger partial charge in [-0.1, -0.05) is 13.8 Å². The van der Waals surface area contributed by atoms with Crippen molar-refractivity contribution < 1.29 is 13.9 Å². The van der Waals surface area contributed by atoms with Crippen LogP contribution in [0, 0.1) is 11.7 Å². The first-order valence-electron chi connectivity index (χ1n) is 5.54. The lowest BCUT2D eigenvalue weighted by Crippen LogP contribution is -2.12. The van der Waals surface area contributed by atoms with Crippen LogP contribution in [0.25, 0.3) is 0 Å². The molecule has 0 fully saturated rings. The zero-order valence-corrected chi connectivity index (χ0v) is 10.4. The highest BCUT2D eigenvalue weighted by molar-refractivity contribution is 5.27. The van der Waals surface area contributed by atoms with Gasteiger partial charge < -0.3 is 14.8 Å². The van der Waals surface area contributed by atoms with Crippen LogP contribution in [-0.4, -0.2) is 36.8 Å². The standard InChI is InChI=1S/C11H18FN3O2/c1-8(2)7-16-4-5-17-10-9(12)6-14-11(13-3)15-10/h6,8H,4-5,7H2,1-3H3,(H,13,14,15). The summed E-state index contributed by atoms with van der Waals surface area (Å²) in [7, 11) is 1.66. The summed E-state index contributed by atoms with van der Waals surface area (Å²) in [4.78, 5) is 7.57. The van der Waals surface area contributed by atoms with E-state index in [-0.39, 0.29) is 12.5 Å². The molecule has 1 aromatic rings. The van der Waals surface area contributed by atoms with Crippen molar-refractivity contribution in [1.29, 1.82) is 0 Å². The second-order valence-corrected chi connectivity index (χ2v) is 3.91. The Morgan fingerprint density at radius 1 is 1.41 bits per heavy atom. The molecule has 1 aromatic heterocycles. The van der Waals surface area contributed by atoms with Gasteiger partial charge in [-0.3, -0.25) is 0 Å². The second-order valence-electron chi connectivity index (χ2n) is 3.91. The van der Waals surface area contributed by atoms with Crippen LogP contribution in [0.1, 0.15) is 13.8 Å². The molecule has 6 heteroatoms. The topological polar surface area (TPSA) is 56.3 Å². The molecule has 5 nitrogen and oxygen atoms in total. The van der Waals surface area contributed by atoms with Gasteiger partial charge in [0.1, 0.15) is 6.61 Å². The van der Waals surface area contributed by atoms with E-state index in [4.69, 9.17) is 9.47 Å². The Kier molecular flexibility index (Phi) is 5.62. The minimum atomic E-state index is -0.576. The van der Waals surface area contributed by atoms with Crippen LogP contribution in [0.3, 0.4) is 0 Å². The number of anilines is 1. The lowest BCUT2D eigenvalue weighted by Gasteiger charge is -2.09. The molecule has 0 bridgehead atoms. The molecule has 0 aliphatic heterocycles. The van der Waals surface area contributed by atoms with E-state index in [1.54, 1.807) is 7.05 Å². The lowest BCUT2D eigenvalue weighted by molar-refractivity contribution is 0.0793. The Morgan fingerprint density at radius 3 is 2.82 bits per heavy atom. The van der Waals surface area contributed by atoms with Crippen LogP contribution in [-0.2, 0) is 4.74 Å². The monoisotopic (exact) mass is 243 g/mol. The quantitative estimate of drug-likeness (QED) is 0.739. The summed E-state index contributed by atoms with van der Waals surface area (Å²) in [5.41, 5.74) is 0. The minimum Gasteiger partial charge on any atom is -0.473 e. The summed E-state index contributed by atoms with van der Waals surface area (Å²) in [6, 6.07) is 0. The number of halogens is 1. The zero-order valence-electron chi connectivity index (χ0n) is 10.4. The maximum Gasteiger partial charge on any atom is 0.255 e. The first kappa shape index (κ1) is 13.6. The fourth-order valence-electron chi connectivity index (χ4n) is 1.09. The molecule has 0 aliphatic carbocycles. The van der Waals surface area contributed by atoms with E-state index in [0.29, 0.717) is 25.1 Å². The van der Waals surface area contributed by atoms with Gasteiger partial charge in [0.25, 0.3) is 5.88 Å². The number of aromatic nitrogens is 2. The first-order chi connectivity index (χ1) is 8.13. The van der Waals surface area contributed by atoms with E-state index in [0.717, 1.165) is 6.20 Å². The summed E-state index contributed by atoms with van der Waals surface area (Å²) in [5.74, 6) is 0.163. The first-order valence-corrected chi connectivity index (χ1v) is 5.54. The Bertz CT molecular complexity index is 347. The van der Waals surface area contributed by atoms with Gasteiger partial charge in [0.05, 0.1) is 12.8 Å². The maximum absolute atomic E-state index is 13.2. The predicted octanol–water partition coefficient (Wildman–Crippen LogP) is 1.71. The van der Waals surface area contributed by atoms with Crippen LogP contribution in [0.2, 0.25) is 0 Å². The number of hydrogen-bond donors (Lipinski definition) is 1. The van der Waals surface area contributed by atoms with E-state index >= 15 is 0 Å². The number of ether oxygens (including phenoxy) is 2. The van der Waals surface area contributed by atoms with E-state index in [2.05, 4.69) is 29.1 Å². The van der Waals surface area contributed by atoms with Gasteiger partial charge in [0, 0.05) is 13.7 Å². The molecular weight excluding hydrogens is 225 g/mol. The molecule has 96 valence electrons. The van der Waals surface area contributed by atoms with Crippen molar-refractivity contribution in [2.24, 2.45) is 5.92 Å². The molecule has 1 rings (SSSR count). The Balaban J connectivity index is 2.35. The van der Waals surface area contributed by atoms with Gasteiger partial charge in [-0.05, 0) is 5.92 Å². The SMILES string of the molecule is CNc1ncc(F)c(OCCOCC(C)C)n1. The highest BCUT2D eigenvalue weighted by Gasteiger charge is 2.07. The smallest absolute Gasteiger partial charge is 0.255 e. The summed E-state index contributed by atoms with van der Waals surface area (Å²) < 4.78 is 23.7. The molecule has 0 saturated carbocycles. The van der Waals surface area contributed by atoms with E-state index in [1.165, 1.54) is 0 Å². The van der Waals surface area contributed by atoms with Crippen molar-refractivity contribution in [2.75, 3.05) is 32.2 Å². The van der Waals surface area contributed by atoms with Crippen LogP contribution < -0.4 is 10.1 Å². The molecule has 17 heavy (non-hydrogen) atoms. The Labute approximate surface area is 100 Å². The number of hydrogen-bond acceptors (Lipinski definition) is 5. The van der Waals surface area contributed by atoms with Gasteiger partial charge in [-0.25, -0.2) is 4.98 Å². The van der Waals surface area contributed by atoms with Gasteiger partial charge in [0.2, 0.25) is 11.8 Å². The average molecular weight is 243 g/mol. The van der Waals surface area contributed by atoms with Crippen LogP contribution in [0.5, 0.6) is 5.88 Å². The van der Waals surface area contributed by atoms with Crippen molar-refractivity contribution in [3.05, 3.63) is 12.0 Å². The third kappa shape index (κ3) is 4.95. The van der Waals surface area contributed by atoms with Crippen molar-refractivity contribution in [3.8, 4) is 5.88 Å². The second kappa shape index (κ2) is 7.01. The van der Waals surface area contributed by atoms with E-state index in [1.807, 2.05) is 0 Å². The third-order valence-electron chi connectivity index (χ3n) is 1.85. The summed E-state index contributed by atoms with van der Waals surface area (Å²) >= 11 is 0. The van der Waals surface area contributed by atoms with E-state index < -0.39 is 5.82 Å². The fraction of sp³-hybridized carbons (Fsp3) is 0.636. The summed E-state index contributed by atoms with van der Waals surface area (Å²) in [5, 5.41) is 2.71. The molecule has 0 aromatic carbocycles. The highest BCUT2D eigenvalue weighted by atomic mass is 19.1. The van der Waals surface area contributed by atoms with Gasteiger partial charge >= 0.3 is 0 Å². The molecule has 0 amide bonds. The minimum absolute atomic E-state index is 0.0579. The predicted molar refractivity (Wildman–Crippen MR) is 62.7 cm³/mol. The molecule has 1 N–H and O–H groups in total. The largest absolute Gasteiger partial charge is 0.473 e. The number of nitrogens with zero attached hydrogens (tertiary/aromatic N) is 2. The molecule has 0 aliphatic rings. The summed E-state index contributed by atoms with van der Waals surface area (Å²) in [6.45, 7) is 5.46. The zero-order chi connectivity index (χ0) is 12.7. The van der Waals surface area contributed by atoms with Crippen molar-refractivity contribution in [1.82, 2.24) is 9.97 Å². The molecule has 0 radical (unpaired) electrons. The third-order valence-corrected chi connectivity index (χ3v) is 1.85. The fourth-order valence-corrected chi connectivity index (χ4v) is 1.09. The normalized spacial score (nSPS) is 10.6. The van der Waals surface area contributed by atoms with Crippen LogP contribution in [0.15, 0.2) is 6.20 Å². The molecule has 0 atom stereocenters. The summed E-state index contributed by atoms with van der Waals surface area (Å²) in [6.07, 6.45) is 1.07. The maximum atomic E-state index is 13.2. The van der Waals surface area contributed by atoms with Crippen molar-refractivity contribution >= 4 is 5.95 Å². The lowest BCUT2D eigenvalue weighted by atomic mass is 10.2. The Hall–Kier alpha value is -1.43. The number of rotatable bonds is 7. The van der Waals surface area contributed by atoms with Gasteiger partial charge in [-0.15, -0.1) is 0 Å². The molecule has 0 unspecified atom stereocenters. The highest BCUT2D eigenvalue weighted by Crippen LogP contribution is 2.13. The van der Waals surface area contributed by atoms with E-state index in [9.17, 15) is 4.39 Å². The average Bonchev–Trinajstić information content (AvgIpc) is 2.30. The number of nitrogens with one attached hydrogen (secondary N) is 1. The van der Waals surface area contributed by atoms with Crippen molar-refractivity contribution in [3.63, 3.8) is 0 Å². The van der Waals surface area contributed by atoms with Crippen LogP contribution in [0.4, 0.5) is 10.3 Å². The molecule has 0 saturated heterocycles.